The number of Topliss-reactive ketones (excluding diaryl/α,β-unsaturated/α-hetero) is 1. The van der Waals surface area contributed by atoms with Crippen molar-refractivity contribution in [3.05, 3.63) is 70.5 Å². The molecule has 1 aliphatic carbocycles. The van der Waals surface area contributed by atoms with Crippen LogP contribution in [0.4, 0.5) is 13.2 Å². The van der Waals surface area contributed by atoms with E-state index in [0.29, 0.717) is 11.6 Å². The molecule has 1 unspecified atom stereocenters. The molecule has 2 aromatic carbocycles. The van der Waals surface area contributed by atoms with Gasteiger partial charge in [0.1, 0.15) is 23.2 Å². The van der Waals surface area contributed by atoms with Gasteiger partial charge in [0.15, 0.2) is 0 Å². The van der Waals surface area contributed by atoms with Crippen molar-refractivity contribution in [2.75, 3.05) is 0 Å². The van der Waals surface area contributed by atoms with Crippen LogP contribution in [0.5, 0.6) is 0 Å². The Hall–Kier alpha value is -3.16. The van der Waals surface area contributed by atoms with E-state index in [-0.39, 0.29) is 11.5 Å². The predicted molar refractivity (Wildman–Crippen MR) is 101 cm³/mol. The number of carbonyl (C=O) groups is 3. The molecule has 1 atom stereocenters. The molecule has 2 aromatic rings. The van der Waals surface area contributed by atoms with Gasteiger partial charge < -0.3 is 10.4 Å². The van der Waals surface area contributed by atoms with Crippen LogP contribution in [0.25, 0.3) is 0 Å². The number of halogens is 3. The van der Waals surface area contributed by atoms with E-state index in [1.807, 2.05) is 0 Å². The average molecular weight is 419 g/mol. The number of amides is 1. The Morgan fingerprint density at radius 3 is 2.40 bits per heavy atom. The van der Waals surface area contributed by atoms with Crippen molar-refractivity contribution >= 4 is 17.7 Å². The third kappa shape index (κ3) is 5.06. The van der Waals surface area contributed by atoms with Gasteiger partial charge in [0.2, 0.25) is 5.91 Å². The molecule has 1 amide bonds. The molecule has 0 heterocycles. The van der Waals surface area contributed by atoms with E-state index in [0.717, 1.165) is 25.3 Å². The number of aromatic carboxylic acids is 1. The molecule has 3 rings (SSSR count). The third-order valence-corrected chi connectivity index (χ3v) is 5.24. The van der Waals surface area contributed by atoms with Gasteiger partial charge in [0, 0.05) is 12.5 Å². The minimum absolute atomic E-state index is 0.127. The van der Waals surface area contributed by atoms with Crippen LogP contribution in [-0.2, 0) is 16.0 Å². The summed E-state index contributed by atoms with van der Waals surface area (Å²) in [7, 11) is 0. The van der Waals surface area contributed by atoms with Gasteiger partial charge in [-0.2, -0.15) is 0 Å². The van der Waals surface area contributed by atoms with E-state index in [1.165, 1.54) is 12.1 Å². The number of nitrogens with one attached hydrogen (secondary N) is 1. The van der Waals surface area contributed by atoms with Crippen molar-refractivity contribution in [2.45, 2.75) is 38.1 Å². The van der Waals surface area contributed by atoms with Gasteiger partial charge in [-0.15, -0.1) is 0 Å². The summed E-state index contributed by atoms with van der Waals surface area (Å²) in [6.45, 7) is 0. The van der Waals surface area contributed by atoms with Crippen molar-refractivity contribution in [3.8, 4) is 0 Å². The lowest BCUT2D eigenvalue weighted by molar-refractivity contribution is -0.128. The van der Waals surface area contributed by atoms with Crippen LogP contribution >= 0.6 is 0 Å². The Kier molecular flexibility index (Phi) is 6.54. The molecule has 5 nitrogen and oxygen atoms in total. The van der Waals surface area contributed by atoms with Gasteiger partial charge in [-0.25, -0.2) is 18.0 Å². The van der Waals surface area contributed by atoms with Crippen molar-refractivity contribution in [1.82, 2.24) is 5.32 Å². The maximum atomic E-state index is 13.8. The first kappa shape index (κ1) is 21.5. The minimum atomic E-state index is -1.63. The van der Waals surface area contributed by atoms with E-state index >= 15 is 0 Å². The first-order valence-corrected chi connectivity index (χ1v) is 9.52. The average Bonchev–Trinajstić information content (AvgIpc) is 2.58. The molecule has 1 aliphatic rings. The lowest BCUT2D eigenvalue weighted by Crippen LogP contribution is -2.37. The van der Waals surface area contributed by atoms with Gasteiger partial charge >= 0.3 is 5.97 Å². The lowest BCUT2D eigenvalue weighted by Gasteiger charge is -2.34. The maximum absolute atomic E-state index is 13.8. The minimum Gasteiger partial charge on any atom is -0.478 e. The van der Waals surface area contributed by atoms with Crippen LogP contribution in [0.3, 0.4) is 0 Å². The molecular formula is C22H20F3NO4. The zero-order valence-electron chi connectivity index (χ0n) is 16.0. The van der Waals surface area contributed by atoms with Gasteiger partial charge in [0.25, 0.3) is 0 Å². The van der Waals surface area contributed by atoms with Crippen LogP contribution in [-0.4, -0.2) is 22.8 Å². The second-order valence-electron chi connectivity index (χ2n) is 7.41. The Balaban J connectivity index is 1.69. The molecule has 30 heavy (non-hydrogen) atoms. The van der Waals surface area contributed by atoms with E-state index in [2.05, 4.69) is 5.32 Å². The molecule has 1 saturated carbocycles. The number of carboxylic acids is 1. The molecule has 0 aliphatic heterocycles. The standard InChI is InChI=1S/C22H20F3NO4/c23-15-6-2-5-13(7-15)21(12-3-1-4-12)26-19(28)11-17(27)9-14-8-16(24)10-18(25)20(14)22(29)30/h2,5-8,10,12,21H,1,3-4,9,11H2,(H,26,28)(H,29,30). The summed E-state index contributed by atoms with van der Waals surface area (Å²) < 4.78 is 40.8. The van der Waals surface area contributed by atoms with E-state index in [1.54, 1.807) is 12.1 Å². The molecule has 0 bridgehead atoms. The van der Waals surface area contributed by atoms with E-state index in [9.17, 15) is 27.6 Å². The topological polar surface area (TPSA) is 83.5 Å². The fraction of sp³-hybridized carbons (Fsp3) is 0.318. The molecule has 0 saturated heterocycles. The second-order valence-corrected chi connectivity index (χ2v) is 7.41. The highest BCUT2D eigenvalue weighted by atomic mass is 19.1. The first-order valence-electron chi connectivity index (χ1n) is 9.52. The van der Waals surface area contributed by atoms with Crippen molar-refractivity contribution < 1.29 is 32.7 Å². The number of ketones is 1. The highest BCUT2D eigenvalue weighted by molar-refractivity contribution is 6.00. The summed E-state index contributed by atoms with van der Waals surface area (Å²) in [5.41, 5.74) is -0.531. The Labute approximate surface area is 170 Å². The van der Waals surface area contributed by atoms with E-state index in [4.69, 9.17) is 5.11 Å². The smallest absolute Gasteiger partial charge is 0.338 e. The summed E-state index contributed by atoms with van der Waals surface area (Å²) in [6, 6.07) is 6.61. The predicted octanol–water partition coefficient (Wildman–Crippen LogP) is 3.96. The monoisotopic (exact) mass is 419 g/mol. The van der Waals surface area contributed by atoms with Crippen molar-refractivity contribution in [2.24, 2.45) is 5.92 Å². The zero-order valence-corrected chi connectivity index (χ0v) is 16.0. The second kappa shape index (κ2) is 9.11. The Bertz CT molecular complexity index is 988. The fourth-order valence-corrected chi connectivity index (χ4v) is 3.63. The van der Waals surface area contributed by atoms with Crippen LogP contribution in [0.2, 0.25) is 0 Å². The Morgan fingerprint density at radius 1 is 1.07 bits per heavy atom. The summed E-state index contributed by atoms with van der Waals surface area (Å²) in [5.74, 6) is -5.54. The van der Waals surface area contributed by atoms with Crippen molar-refractivity contribution in [1.29, 1.82) is 0 Å². The molecule has 158 valence electrons. The molecular weight excluding hydrogens is 399 g/mol. The molecule has 0 spiro atoms. The van der Waals surface area contributed by atoms with Gasteiger partial charge in [-0.05, 0) is 48.1 Å². The van der Waals surface area contributed by atoms with Crippen molar-refractivity contribution in [3.63, 3.8) is 0 Å². The molecule has 0 radical (unpaired) electrons. The fourth-order valence-electron chi connectivity index (χ4n) is 3.63. The molecule has 1 fully saturated rings. The molecule has 2 N–H and O–H groups in total. The number of hydrogen-bond acceptors (Lipinski definition) is 3. The number of benzene rings is 2. The van der Waals surface area contributed by atoms with Crippen LogP contribution in [0.1, 0.15) is 53.2 Å². The largest absolute Gasteiger partial charge is 0.478 e. The number of carbonyl (C=O) groups excluding carboxylic acids is 2. The Morgan fingerprint density at radius 2 is 1.80 bits per heavy atom. The lowest BCUT2D eigenvalue weighted by atomic mass is 9.77. The van der Waals surface area contributed by atoms with Crippen LogP contribution in [0, 0.1) is 23.4 Å². The summed E-state index contributed by atoms with van der Waals surface area (Å²) in [4.78, 5) is 35.9. The summed E-state index contributed by atoms with van der Waals surface area (Å²) in [5, 5.41) is 11.9. The van der Waals surface area contributed by atoms with Gasteiger partial charge in [0.05, 0.1) is 18.0 Å². The highest BCUT2D eigenvalue weighted by Gasteiger charge is 2.30. The SMILES string of the molecule is O=C(CC(=O)NC(c1cccc(F)c1)C1CCC1)Cc1cc(F)cc(F)c1C(=O)O. The van der Waals surface area contributed by atoms with Gasteiger partial charge in [-0.3, -0.25) is 9.59 Å². The zero-order chi connectivity index (χ0) is 21.8. The van der Waals surface area contributed by atoms with Crippen LogP contribution in [0.15, 0.2) is 36.4 Å². The van der Waals surface area contributed by atoms with Gasteiger partial charge in [-0.1, -0.05) is 18.6 Å². The summed E-state index contributed by atoms with van der Waals surface area (Å²) >= 11 is 0. The molecule has 8 heteroatoms. The first-order chi connectivity index (χ1) is 14.2. The number of rotatable bonds is 8. The van der Waals surface area contributed by atoms with Crippen LogP contribution < -0.4 is 5.32 Å². The number of carboxylic acid groups (broad SMARTS) is 1. The quantitative estimate of drug-likeness (QED) is 0.635. The van der Waals surface area contributed by atoms with E-state index < -0.39 is 59.6 Å². The normalized spacial score (nSPS) is 14.6. The maximum Gasteiger partial charge on any atom is 0.338 e. The highest BCUT2D eigenvalue weighted by Crippen LogP contribution is 2.37. The third-order valence-electron chi connectivity index (χ3n) is 5.24. The molecule has 0 aromatic heterocycles. The number of hydrogen-bond donors (Lipinski definition) is 2. The summed E-state index contributed by atoms with van der Waals surface area (Å²) in [6.07, 6.45) is 1.53.